The second-order valence-electron chi connectivity index (χ2n) is 12.4. The van der Waals surface area contributed by atoms with Gasteiger partial charge in [0, 0.05) is 40.7 Å². The minimum Gasteiger partial charge on any atom is -0.495 e. The van der Waals surface area contributed by atoms with Crippen molar-refractivity contribution in [2.45, 2.75) is 62.6 Å². The van der Waals surface area contributed by atoms with Gasteiger partial charge in [0.25, 0.3) is 15.7 Å². The largest absolute Gasteiger partial charge is 0.495 e. The fourth-order valence-electron chi connectivity index (χ4n) is 6.20. The molecular formula is C37H38Cl2N4O7S. The van der Waals surface area contributed by atoms with E-state index >= 15 is 0 Å². The molecule has 268 valence electrons. The molecule has 4 aromatic carbocycles. The first kappa shape index (κ1) is 37.6. The molecule has 1 N–H and O–H groups in total. The smallest absolute Gasteiger partial charge is 0.273 e. The predicted molar refractivity (Wildman–Crippen MR) is 197 cm³/mol. The van der Waals surface area contributed by atoms with Crippen LogP contribution in [0, 0.1) is 17.0 Å². The molecule has 1 aliphatic carbocycles. The first-order valence-electron chi connectivity index (χ1n) is 16.4. The molecule has 51 heavy (non-hydrogen) atoms. The van der Waals surface area contributed by atoms with Gasteiger partial charge in [-0.05, 0) is 67.3 Å². The van der Waals surface area contributed by atoms with Crippen LogP contribution in [-0.2, 0) is 32.6 Å². The van der Waals surface area contributed by atoms with E-state index in [9.17, 15) is 28.1 Å². The average molecular weight is 754 g/mol. The standard InChI is InChI=1S/C37H38Cl2N4O7S/c1-25-15-17-31(22-32(25)43(46)47)51(48,49)42(33-21-29(39)16-18-35(33)50-2)24-36(44)41(23-27-11-8-12-28(38)19-27)34(20-26-9-4-3-5-10-26)37(45)40-30-13-6-7-14-30/h3-5,8-12,15-19,21-22,30,34H,6-7,13-14,20,23-24H2,1-2H3,(H,40,45)/t34-/m0/s1. The van der Waals surface area contributed by atoms with Crippen LogP contribution in [0.2, 0.25) is 10.0 Å². The number of hydrogen-bond donors (Lipinski definition) is 1. The Morgan fingerprint density at radius 2 is 1.63 bits per heavy atom. The van der Waals surface area contributed by atoms with Gasteiger partial charge < -0.3 is 15.0 Å². The summed E-state index contributed by atoms with van der Waals surface area (Å²) in [7, 11) is -3.35. The van der Waals surface area contributed by atoms with Gasteiger partial charge in [-0.25, -0.2) is 8.42 Å². The normalized spacial score (nSPS) is 13.7. The van der Waals surface area contributed by atoms with Gasteiger partial charge in [0.15, 0.2) is 0 Å². The maximum absolute atomic E-state index is 14.8. The number of anilines is 1. The lowest BCUT2D eigenvalue weighted by Crippen LogP contribution is -2.54. The number of amides is 2. The van der Waals surface area contributed by atoms with Gasteiger partial charge in [-0.3, -0.25) is 24.0 Å². The highest BCUT2D eigenvalue weighted by Crippen LogP contribution is 2.36. The van der Waals surface area contributed by atoms with Gasteiger partial charge in [-0.1, -0.05) is 84.6 Å². The number of nitrogens with zero attached hydrogens (tertiary/aromatic N) is 3. The number of nitro benzene ring substituents is 1. The van der Waals surface area contributed by atoms with Crippen LogP contribution in [-0.4, -0.2) is 55.8 Å². The molecule has 0 spiro atoms. The fraction of sp³-hybridized carbons (Fsp3) is 0.297. The second-order valence-corrected chi connectivity index (χ2v) is 15.1. The predicted octanol–water partition coefficient (Wildman–Crippen LogP) is 7.11. The Kier molecular flexibility index (Phi) is 12.2. The quantitative estimate of drug-likeness (QED) is 0.107. The first-order valence-corrected chi connectivity index (χ1v) is 18.6. The number of carbonyl (C=O) groups is 2. The van der Waals surface area contributed by atoms with E-state index in [4.69, 9.17) is 27.9 Å². The molecule has 14 heteroatoms. The van der Waals surface area contributed by atoms with Crippen molar-refractivity contribution in [2.24, 2.45) is 0 Å². The number of methoxy groups -OCH3 is 1. The zero-order valence-corrected chi connectivity index (χ0v) is 30.5. The minimum atomic E-state index is -4.69. The highest BCUT2D eigenvalue weighted by molar-refractivity contribution is 7.92. The van der Waals surface area contributed by atoms with Crippen LogP contribution in [0.1, 0.15) is 42.4 Å². The Hall–Kier alpha value is -4.65. The van der Waals surface area contributed by atoms with Crippen molar-refractivity contribution in [1.82, 2.24) is 10.2 Å². The van der Waals surface area contributed by atoms with Crippen LogP contribution < -0.4 is 14.4 Å². The molecule has 0 saturated heterocycles. The number of hydrogen-bond acceptors (Lipinski definition) is 7. The monoisotopic (exact) mass is 752 g/mol. The Morgan fingerprint density at radius 1 is 0.941 bits per heavy atom. The van der Waals surface area contributed by atoms with E-state index in [1.807, 2.05) is 30.3 Å². The maximum atomic E-state index is 14.8. The van der Waals surface area contributed by atoms with Crippen LogP contribution in [0.4, 0.5) is 11.4 Å². The third kappa shape index (κ3) is 9.18. The average Bonchev–Trinajstić information content (AvgIpc) is 3.62. The molecule has 1 fully saturated rings. The summed E-state index contributed by atoms with van der Waals surface area (Å²) in [6, 6.07) is 22.8. The third-order valence-electron chi connectivity index (χ3n) is 8.87. The number of rotatable bonds is 14. The molecule has 0 bridgehead atoms. The number of carbonyl (C=O) groups excluding carboxylic acids is 2. The van der Waals surface area contributed by atoms with E-state index < -0.39 is 44.0 Å². The Balaban J connectivity index is 1.64. The van der Waals surface area contributed by atoms with Crippen molar-refractivity contribution in [3.63, 3.8) is 0 Å². The Bertz CT molecular complexity index is 2010. The van der Waals surface area contributed by atoms with E-state index in [0.717, 1.165) is 41.6 Å². The number of sulfonamides is 1. The van der Waals surface area contributed by atoms with Crippen molar-refractivity contribution in [1.29, 1.82) is 0 Å². The minimum absolute atomic E-state index is 0.0520. The van der Waals surface area contributed by atoms with Gasteiger partial charge in [-0.2, -0.15) is 0 Å². The molecule has 1 saturated carbocycles. The summed E-state index contributed by atoms with van der Waals surface area (Å²) in [6.45, 7) is 0.613. The fourth-order valence-corrected chi connectivity index (χ4v) is 8.01. The number of halogens is 2. The van der Waals surface area contributed by atoms with Crippen LogP contribution in [0.3, 0.4) is 0 Å². The van der Waals surface area contributed by atoms with E-state index in [0.29, 0.717) is 10.6 Å². The zero-order chi connectivity index (χ0) is 36.7. The third-order valence-corrected chi connectivity index (χ3v) is 11.1. The molecule has 11 nitrogen and oxygen atoms in total. The van der Waals surface area contributed by atoms with E-state index in [1.54, 1.807) is 24.3 Å². The first-order chi connectivity index (χ1) is 24.4. The van der Waals surface area contributed by atoms with Crippen molar-refractivity contribution >= 4 is 56.4 Å². The number of benzene rings is 4. The van der Waals surface area contributed by atoms with Crippen LogP contribution >= 0.6 is 23.2 Å². The number of nitro groups is 1. The summed E-state index contributed by atoms with van der Waals surface area (Å²) in [5, 5.41) is 15.5. The van der Waals surface area contributed by atoms with Crippen molar-refractivity contribution in [2.75, 3.05) is 18.0 Å². The summed E-state index contributed by atoms with van der Waals surface area (Å²) in [6.07, 6.45) is 3.73. The highest BCUT2D eigenvalue weighted by Gasteiger charge is 2.37. The lowest BCUT2D eigenvalue weighted by Gasteiger charge is -2.34. The topological polar surface area (TPSA) is 139 Å². The molecule has 1 aliphatic rings. The summed E-state index contributed by atoms with van der Waals surface area (Å²) in [5.41, 5.74) is 1.19. The van der Waals surface area contributed by atoms with Gasteiger partial charge in [0.1, 0.15) is 18.3 Å². The summed E-state index contributed by atoms with van der Waals surface area (Å²) in [4.78, 5) is 41.1. The van der Waals surface area contributed by atoms with E-state index in [-0.39, 0.29) is 46.9 Å². The van der Waals surface area contributed by atoms with Gasteiger partial charge >= 0.3 is 0 Å². The summed E-state index contributed by atoms with van der Waals surface area (Å²) < 4.78 is 35.4. The van der Waals surface area contributed by atoms with Crippen LogP contribution in [0.25, 0.3) is 0 Å². The van der Waals surface area contributed by atoms with Gasteiger partial charge in [-0.15, -0.1) is 0 Å². The Labute approximate surface area is 307 Å². The molecule has 0 aliphatic heterocycles. The van der Waals surface area contributed by atoms with E-state index in [1.165, 1.54) is 49.3 Å². The van der Waals surface area contributed by atoms with Gasteiger partial charge in [0.2, 0.25) is 11.8 Å². The molecular weight excluding hydrogens is 715 g/mol. The number of nitrogens with one attached hydrogen (secondary N) is 1. The van der Waals surface area contributed by atoms with E-state index in [2.05, 4.69) is 5.32 Å². The molecule has 0 heterocycles. The number of ether oxygens (including phenoxy) is 1. The SMILES string of the molecule is COc1ccc(Cl)cc1N(CC(=O)N(Cc1cccc(Cl)c1)[C@@H](Cc1ccccc1)C(=O)NC1CCCC1)S(=O)(=O)c1ccc(C)c([N+](=O)[O-])c1. The van der Waals surface area contributed by atoms with Crippen molar-refractivity contribution in [3.05, 3.63) is 128 Å². The second kappa shape index (κ2) is 16.6. The van der Waals surface area contributed by atoms with Gasteiger partial charge in [0.05, 0.1) is 22.6 Å². The molecule has 1 atom stereocenters. The molecule has 2 amide bonds. The zero-order valence-electron chi connectivity index (χ0n) is 28.1. The van der Waals surface area contributed by atoms with Crippen molar-refractivity contribution < 1.29 is 27.7 Å². The van der Waals surface area contributed by atoms with Crippen molar-refractivity contribution in [3.8, 4) is 5.75 Å². The Morgan fingerprint density at radius 3 is 2.29 bits per heavy atom. The number of aryl methyl sites for hydroxylation is 1. The lowest BCUT2D eigenvalue weighted by molar-refractivity contribution is -0.385. The highest BCUT2D eigenvalue weighted by atomic mass is 35.5. The molecule has 0 aromatic heterocycles. The molecule has 0 unspecified atom stereocenters. The molecule has 5 rings (SSSR count). The molecule has 4 aromatic rings. The maximum Gasteiger partial charge on any atom is 0.273 e. The van der Waals surface area contributed by atoms with Crippen LogP contribution in [0.5, 0.6) is 5.75 Å². The molecule has 0 radical (unpaired) electrons. The van der Waals surface area contributed by atoms with Crippen LogP contribution in [0.15, 0.2) is 95.9 Å². The lowest BCUT2D eigenvalue weighted by atomic mass is 10.0. The summed E-state index contributed by atoms with van der Waals surface area (Å²) in [5.74, 6) is -1.01. The summed E-state index contributed by atoms with van der Waals surface area (Å²) >= 11 is 12.7.